The minimum Gasteiger partial charge on any atom is -0.490 e. The molecule has 2 aromatic carbocycles. The fourth-order valence-corrected chi connectivity index (χ4v) is 3.91. The van der Waals surface area contributed by atoms with Crippen molar-refractivity contribution in [2.45, 2.75) is 40.2 Å². The van der Waals surface area contributed by atoms with Gasteiger partial charge in [-0.1, -0.05) is 19.1 Å². The van der Waals surface area contributed by atoms with Crippen molar-refractivity contribution in [3.63, 3.8) is 0 Å². The van der Waals surface area contributed by atoms with Crippen molar-refractivity contribution in [2.24, 2.45) is 0 Å². The van der Waals surface area contributed by atoms with Crippen LogP contribution in [0.3, 0.4) is 0 Å². The molecule has 7 heteroatoms. The topological polar surface area (TPSA) is 58.6 Å². The van der Waals surface area contributed by atoms with Gasteiger partial charge in [0.2, 0.25) is 0 Å². The number of nitrogens with one attached hydrogen (secondary N) is 1. The minimum atomic E-state index is -0.512. The van der Waals surface area contributed by atoms with Gasteiger partial charge in [-0.15, -0.1) is 0 Å². The summed E-state index contributed by atoms with van der Waals surface area (Å²) in [6.07, 6.45) is 2.54. The van der Waals surface area contributed by atoms with E-state index in [0.717, 1.165) is 22.0 Å². The third-order valence-corrected chi connectivity index (χ3v) is 5.64. The predicted octanol–water partition coefficient (Wildman–Crippen LogP) is 5.07. The molecule has 1 heterocycles. The maximum Gasteiger partial charge on any atom is 0.270 e. The first kappa shape index (κ1) is 22.2. The van der Waals surface area contributed by atoms with Crippen molar-refractivity contribution in [3.8, 4) is 5.75 Å². The summed E-state index contributed by atoms with van der Waals surface area (Å²) in [7, 11) is 0. The molecule has 0 unspecified atom stereocenters. The van der Waals surface area contributed by atoms with Gasteiger partial charge in [0.05, 0.1) is 16.3 Å². The Kier molecular flexibility index (Phi) is 6.73. The van der Waals surface area contributed by atoms with Crippen LogP contribution in [0.15, 0.2) is 46.4 Å². The first-order valence-electron chi connectivity index (χ1n) is 9.65. The van der Waals surface area contributed by atoms with Crippen LogP contribution in [0.2, 0.25) is 0 Å². The number of thiocarbonyl (C=S) groups is 1. The molecular weight excluding hydrogens is 464 g/mol. The number of nitrogens with zero attached hydrogens (tertiary/aromatic N) is 1. The van der Waals surface area contributed by atoms with Crippen LogP contribution >= 0.6 is 28.1 Å². The molecule has 1 atom stereocenters. The van der Waals surface area contributed by atoms with E-state index in [0.29, 0.717) is 17.0 Å². The molecule has 1 N–H and O–H groups in total. The van der Waals surface area contributed by atoms with Crippen molar-refractivity contribution in [3.05, 3.63) is 63.1 Å². The number of benzene rings is 2. The number of anilines is 1. The second-order valence-electron chi connectivity index (χ2n) is 7.33. The van der Waals surface area contributed by atoms with Crippen LogP contribution in [-0.2, 0) is 9.59 Å². The third kappa shape index (κ3) is 4.79. The second-order valence-corrected chi connectivity index (χ2v) is 8.57. The van der Waals surface area contributed by atoms with Crippen LogP contribution in [0.4, 0.5) is 5.69 Å². The molecule has 5 nitrogen and oxygen atoms in total. The molecular formula is C23H23BrN2O3S. The zero-order chi connectivity index (χ0) is 22.0. The highest BCUT2D eigenvalue weighted by Gasteiger charge is 2.34. The summed E-state index contributed by atoms with van der Waals surface area (Å²) < 4.78 is 6.61. The highest BCUT2D eigenvalue weighted by atomic mass is 79.9. The molecule has 1 aliphatic heterocycles. The summed E-state index contributed by atoms with van der Waals surface area (Å²) in [5.41, 5.74) is 3.36. The number of hydrogen-bond acceptors (Lipinski definition) is 4. The normalized spacial score (nSPS) is 16.6. The Hall–Kier alpha value is -2.51. The fraction of sp³-hybridized carbons (Fsp3) is 0.261. The van der Waals surface area contributed by atoms with Gasteiger partial charge >= 0.3 is 0 Å². The van der Waals surface area contributed by atoms with Crippen molar-refractivity contribution >= 4 is 56.8 Å². The number of carbonyl (C=O) groups excluding carboxylic acids is 2. The number of amides is 2. The number of ether oxygens (including phenoxy) is 1. The number of halogens is 1. The van der Waals surface area contributed by atoms with Crippen LogP contribution in [0.1, 0.15) is 37.0 Å². The maximum absolute atomic E-state index is 13.2. The van der Waals surface area contributed by atoms with E-state index < -0.39 is 11.8 Å². The quantitative estimate of drug-likeness (QED) is 0.363. The fourth-order valence-electron chi connectivity index (χ4n) is 3.14. The van der Waals surface area contributed by atoms with Crippen LogP contribution in [-0.4, -0.2) is 23.0 Å². The Morgan fingerprint density at radius 2 is 1.83 bits per heavy atom. The summed E-state index contributed by atoms with van der Waals surface area (Å²) in [5.74, 6) is -0.254. The Bertz CT molecular complexity index is 1040. The lowest BCUT2D eigenvalue weighted by atomic mass is 10.1. The van der Waals surface area contributed by atoms with E-state index in [1.165, 1.54) is 4.90 Å². The van der Waals surface area contributed by atoms with E-state index in [-0.39, 0.29) is 16.8 Å². The average Bonchev–Trinajstić information content (AvgIpc) is 2.66. The van der Waals surface area contributed by atoms with Gasteiger partial charge in [-0.2, -0.15) is 0 Å². The van der Waals surface area contributed by atoms with E-state index in [1.807, 2.05) is 57.2 Å². The summed E-state index contributed by atoms with van der Waals surface area (Å²) in [6.45, 7) is 7.95. The summed E-state index contributed by atoms with van der Waals surface area (Å²) in [6, 6.07) is 11.2. The van der Waals surface area contributed by atoms with Crippen molar-refractivity contribution in [2.75, 3.05) is 4.90 Å². The van der Waals surface area contributed by atoms with Gasteiger partial charge in [0.1, 0.15) is 11.3 Å². The van der Waals surface area contributed by atoms with Crippen LogP contribution in [0.25, 0.3) is 6.08 Å². The Balaban J connectivity index is 1.95. The molecule has 1 fully saturated rings. The molecule has 1 saturated heterocycles. The van der Waals surface area contributed by atoms with Gasteiger partial charge in [-0.05, 0) is 102 Å². The Morgan fingerprint density at radius 1 is 1.17 bits per heavy atom. The molecule has 30 heavy (non-hydrogen) atoms. The molecule has 2 aromatic rings. The molecule has 3 rings (SSSR count). The smallest absolute Gasteiger partial charge is 0.270 e. The van der Waals surface area contributed by atoms with Crippen molar-refractivity contribution < 1.29 is 14.3 Å². The molecule has 156 valence electrons. The zero-order valence-corrected chi connectivity index (χ0v) is 19.7. The molecule has 0 aromatic heterocycles. The van der Waals surface area contributed by atoms with Gasteiger partial charge in [-0.25, -0.2) is 0 Å². The Morgan fingerprint density at radius 3 is 2.43 bits per heavy atom. The lowest BCUT2D eigenvalue weighted by molar-refractivity contribution is -0.122. The first-order chi connectivity index (χ1) is 14.2. The van der Waals surface area contributed by atoms with E-state index in [2.05, 4.69) is 28.2 Å². The molecule has 0 saturated carbocycles. The summed E-state index contributed by atoms with van der Waals surface area (Å²) >= 11 is 8.78. The van der Waals surface area contributed by atoms with Crippen LogP contribution < -0.4 is 15.0 Å². The third-order valence-electron chi connectivity index (χ3n) is 4.74. The SMILES string of the molecule is CC[C@@H](C)Oc1ccc(/C=C2\C(=O)NC(=S)N(c3cc(C)cc(C)c3)C2=O)cc1Br. The van der Waals surface area contributed by atoms with Crippen molar-refractivity contribution in [1.29, 1.82) is 0 Å². The molecule has 1 aliphatic rings. The molecule has 0 radical (unpaired) electrons. The Labute approximate surface area is 190 Å². The number of rotatable bonds is 5. The standard InChI is InChI=1S/C23H23BrN2O3S/c1-5-15(4)29-20-7-6-16(12-19(20)24)11-18-21(27)25-23(30)26(22(18)28)17-9-13(2)8-14(3)10-17/h6-12,15H,5H2,1-4H3,(H,25,27,30)/b18-11+/t15-/m1/s1. The van der Waals surface area contributed by atoms with Gasteiger partial charge in [0, 0.05) is 0 Å². The molecule has 0 spiro atoms. The maximum atomic E-state index is 13.2. The van der Waals surface area contributed by atoms with E-state index in [9.17, 15) is 9.59 Å². The van der Waals surface area contributed by atoms with E-state index in [1.54, 1.807) is 6.08 Å². The monoisotopic (exact) mass is 486 g/mol. The van der Waals surface area contributed by atoms with E-state index >= 15 is 0 Å². The van der Waals surface area contributed by atoms with Crippen LogP contribution in [0, 0.1) is 13.8 Å². The van der Waals surface area contributed by atoms with Gasteiger partial charge in [0.25, 0.3) is 11.8 Å². The van der Waals surface area contributed by atoms with Gasteiger partial charge < -0.3 is 4.74 Å². The highest BCUT2D eigenvalue weighted by Crippen LogP contribution is 2.29. The minimum absolute atomic E-state index is 0.0188. The zero-order valence-electron chi connectivity index (χ0n) is 17.3. The lowest BCUT2D eigenvalue weighted by Crippen LogP contribution is -2.54. The molecule has 0 bridgehead atoms. The lowest BCUT2D eigenvalue weighted by Gasteiger charge is -2.29. The van der Waals surface area contributed by atoms with Crippen LogP contribution in [0.5, 0.6) is 5.75 Å². The first-order valence-corrected chi connectivity index (χ1v) is 10.9. The largest absolute Gasteiger partial charge is 0.490 e. The number of carbonyl (C=O) groups is 2. The summed E-state index contributed by atoms with van der Waals surface area (Å²) in [5, 5.41) is 2.69. The number of aryl methyl sites for hydroxylation is 2. The predicted molar refractivity (Wildman–Crippen MR) is 127 cm³/mol. The van der Waals surface area contributed by atoms with Crippen molar-refractivity contribution in [1.82, 2.24) is 5.32 Å². The highest BCUT2D eigenvalue weighted by molar-refractivity contribution is 9.10. The van der Waals surface area contributed by atoms with Gasteiger partial charge in [-0.3, -0.25) is 19.8 Å². The summed E-state index contributed by atoms with van der Waals surface area (Å²) in [4.78, 5) is 27.1. The second kappa shape index (κ2) is 9.10. The number of hydrogen-bond donors (Lipinski definition) is 1. The van der Waals surface area contributed by atoms with Gasteiger partial charge in [0.15, 0.2) is 5.11 Å². The molecule has 0 aliphatic carbocycles. The van der Waals surface area contributed by atoms with E-state index in [4.69, 9.17) is 17.0 Å². The molecule has 2 amide bonds. The average molecular weight is 487 g/mol.